The van der Waals surface area contributed by atoms with Crippen LogP contribution in [0.4, 0.5) is 5.69 Å². The lowest BCUT2D eigenvalue weighted by Gasteiger charge is -2.27. The fourth-order valence-corrected chi connectivity index (χ4v) is 1.56. The van der Waals surface area contributed by atoms with Crippen LogP contribution in [-0.2, 0) is 4.79 Å². The number of benzene rings is 1. The van der Waals surface area contributed by atoms with E-state index >= 15 is 0 Å². The van der Waals surface area contributed by atoms with Crippen molar-refractivity contribution in [3.63, 3.8) is 0 Å². The molecule has 0 aliphatic heterocycles. The van der Waals surface area contributed by atoms with E-state index in [1.54, 1.807) is 7.11 Å². The van der Waals surface area contributed by atoms with Crippen molar-refractivity contribution in [1.82, 2.24) is 5.32 Å². The molecule has 0 saturated heterocycles. The van der Waals surface area contributed by atoms with Crippen LogP contribution in [0.5, 0.6) is 5.75 Å². The van der Waals surface area contributed by atoms with Crippen LogP contribution in [0.3, 0.4) is 0 Å². The molecule has 0 saturated carbocycles. The predicted octanol–water partition coefficient (Wildman–Crippen LogP) is 2.80. The lowest BCUT2D eigenvalue weighted by molar-refractivity contribution is -0.123. The maximum Gasteiger partial charge on any atom is 0.242 e. The zero-order valence-electron chi connectivity index (χ0n) is 12.4. The molecule has 0 fully saturated rings. The quantitative estimate of drug-likeness (QED) is 0.830. The van der Waals surface area contributed by atoms with E-state index in [1.165, 1.54) is 0 Å². The van der Waals surface area contributed by atoms with E-state index in [0.29, 0.717) is 0 Å². The molecule has 4 nitrogen and oxygen atoms in total. The predicted molar refractivity (Wildman–Crippen MR) is 78.6 cm³/mol. The van der Waals surface area contributed by atoms with Crippen molar-refractivity contribution in [2.75, 3.05) is 12.4 Å². The molecule has 1 atom stereocenters. The van der Waals surface area contributed by atoms with Crippen LogP contribution >= 0.6 is 0 Å². The maximum absolute atomic E-state index is 12.1. The molecule has 0 radical (unpaired) electrons. The highest BCUT2D eigenvalue weighted by molar-refractivity contribution is 5.84. The van der Waals surface area contributed by atoms with Gasteiger partial charge in [0.1, 0.15) is 11.8 Å². The summed E-state index contributed by atoms with van der Waals surface area (Å²) in [5.74, 6) is 0.765. The SMILES string of the molecule is CCC(C)(C)NC(=O)C(C)Nc1cccc(OC)c1. The summed E-state index contributed by atoms with van der Waals surface area (Å²) in [6.07, 6.45) is 0.893. The molecular weight excluding hydrogens is 240 g/mol. The number of anilines is 1. The molecule has 19 heavy (non-hydrogen) atoms. The molecule has 1 unspecified atom stereocenters. The third-order valence-corrected chi connectivity index (χ3v) is 3.19. The van der Waals surface area contributed by atoms with E-state index in [1.807, 2.05) is 45.0 Å². The van der Waals surface area contributed by atoms with Gasteiger partial charge in [-0.3, -0.25) is 4.79 Å². The van der Waals surface area contributed by atoms with Gasteiger partial charge in [-0.15, -0.1) is 0 Å². The average Bonchev–Trinajstić information content (AvgIpc) is 2.38. The number of rotatable bonds is 6. The summed E-state index contributed by atoms with van der Waals surface area (Å²) < 4.78 is 5.15. The Morgan fingerprint density at radius 1 is 1.42 bits per heavy atom. The van der Waals surface area contributed by atoms with E-state index in [-0.39, 0.29) is 17.5 Å². The average molecular weight is 264 g/mol. The monoisotopic (exact) mass is 264 g/mol. The summed E-state index contributed by atoms with van der Waals surface area (Å²) in [4.78, 5) is 12.1. The highest BCUT2D eigenvalue weighted by Gasteiger charge is 2.21. The Labute approximate surface area is 115 Å². The third-order valence-electron chi connectivity index (χ3n) is 3.19. The summed E-state index contributed by atoms with van der Waals surface area (Å²) in [5, 5.41) is 6.19. The van der Waals surface area contributed by atoms with E-state index in [4.69, 9.17) is 4.74 Å². The number of ether oxygens (including phenoxy) is 1. The van der Waals surface area contributed by atoms with Gasteiger partial charge in [0.05, 0.1) is 7.11 Å². The van der Waals surface area contributed by atoms with Crippen LogP contribution in [0.2, 0.25) is 0 Å². The molecule has 1 amide bonds. The third kappa shape index (κ3) is 4.81. The first-order valence-electron chi connectivity index (χ1n) is 6.60. The Morgan fingerprint density at radius 2 is 2.11 bits per heavy atom. The molecular formula is C15H24N2O2. The maximum atomic E-state index is 12.1. The summed E-state index contributed by atoms with van der Waals surface area (Å²) >= 11 is 0. The van der Waals surface area contributed by atoms with Crippen molar-refractivity contribution in [1.29, 1.82) is 0 Å². The van der Waals surface area contributed by atoms with Gasteiger partial charge < -0.3 is 15.4 Å². The van der Waals surface area contributed by atoms with Gasteiger partial charge in [-0.2, -0.15) is 0 Å². The second-order valence-electron chi connectivity index (χ2n) is 5.32. The normalized spacial score (nSPS) is 12.7. The number of hydrogen-bond acceptors (Lipinski definition) is 3. The smallest absolute Gasteiger partial charge is 0.242 e. The molecule has 4 heteroatoms. The van der Waals surface area contributed by atoms with E-state index in [9.17, 15) is 4.79 Å². The molecule has 0 aliphatic rings. The highest BCUT2D eigenvalue weighted by Crippen LogP contribution is 2.17. The van der Waals surface area contributed by atoms with Crippen molar-refractivity contribution < 1.29 is 9.53 Å². The summed E-state index contributed by atoms with van der Waals surface area (Å²) in [7, 11) is 1.62. The van der Waals surface area contributed by atoms with Gasteiger partial charge in [-0.05, 0) is 39.3 Å². The molecule has 0 heterocycles. The summed E-state index contributed by atoms with van der Waals surface area (Å²) in [6.45, 7) is 7.94. The zero-order valence-corrected chi connectivity index (χ0v) is 12.4. The van der Waals surface area contributed by atoms with Crippen LogP contribution < -0.4 is 15.4 Å². The molecule has 1 rings (SSSR count). The van der Waals surface area contributed by atoms with Gasteiger partial charge in [0.25, 0.3) is 0 Å². The topological polar surface area (TPSA) is 50.4 Å². The van der Waals surface area contributed by atoms with E-state index in [0.717, 1.165) is 17.9 Å². The Bertz CT molecular complexity index is 430. The first-order valence-corrected chi connectivity index (χ1v) is 6.60. The molecule has 0 aliphatic carbocycles. The standard InChI is InChI=1S/C15H24N2O2/c1-6-15(3,4)17-14(18)11(2)16-12-8-7-9-13(10-12)19-5/h7-11,16H,6H2,1-5H3,(H,17,18). The first kappa shape index (κ1) is 15.3. The molecule has 0 spiro atoms. The number of nitrogens with one attached hydrogen (secondary N) is 2. The van der Waals surface area contributed by atoms with Crippen LogP contribution in [0, 0.1) is 0 Å². The minimum absolute atomic E-state index is 0.00494. The van der Waals surface area contributed by atoms with Crippen molar-refractivity contribution in [3.05, 3.63) is 24.3 Å². The molecule has 0 bridgehead atoms. The van der Waals surface area contributed by atoms with Gasteiger partial charge in [0.2, 0.25) is 5.91 Å². The summed E-state index contributed by atoms with van der Waals surface area (Å²) in [5.41, 5.74) is 0.692. The van der Waals surface area contributed by atoms with Gasteiger partial charge in [-0.1, -0.05) is 13.0 Å². The Balaban J connectivity index is 2.63. The minimum Gasteiger partial charge on any atom is -0.497 e. The number of carbonyl (C=O) groups excluding carboxylic acids is 1. The van der Waals surface area contributed by atoms with Crippen LogP contribution in [0.25, 0.3) is 0 Å². The minimum atomic E-state index is -0.294. The van der Waals surface area contributed by atoms with Crippen molar-refractivity contribution in [2.45, 2.75) is 45.7 Å². The zero-order chi connectivity index (χ0) is 14.5. The van der Waals surface area contributed by atoms with Crippen molar-refractivity contribution in [3.8, 4) is 5.75 Å². The number of amides is 1. The van der Waals surface area contributed by atoms with Gasteiger partial charge in [0, 0.05) is 17.3 Å². The van der Waals surface area contributed by atoms with Gasteiger partial charge in [0.15, 0.2) is 0 Å². The van der Waals surface area contributed by atoms with Crippen LogP contribution in [0.15, 0.2) is 24.3 Å². The van der Waals surface area contributed by atoms with Crippen molar-refractivity contribution >= 4 is 11.6 Å². The molecule has 0 aromatic heterocycles. The molecule has 106 valence electrons. The van der Waals surface area contributed by atoms with Gasteiger partial charge in [-0.25, -0.2) is 0 Å². The largest absolute Gasteiger partial charge is 0.497 e. The Morgan fingerprint density at radius 3 is 2.68 bits per heavy atom. The van der Waals surface area contributed by atoms with Crippen LogP contribution in [0.1, 0.15) is 34.1 Å². The first-order chi connectivity index (χ1) is 8.88. The van der Waals surface area contributed by atoms with E-state index < -0.39 is 0 Å². The second kappa shape index (κ2) is 6.45. The number of methoxy groups -OCH3 is 1. The van der Waals surface area contributed by atoms with Crippen LogP contribution in [-0.4, -0.2) is 24.6 Å². The van der Waals surface area contributed by atoms with Crippen molar-refractivity contribution in [2.24, 2.45) is 0 Å². The summed E-state index contributed by atoms with van der Waals surface area (Å²) in [6, 6.07) is 7.25. The lowest BCUT2D eigenvalue weighted by Crippen LogP contribution is -2.48. The number of hydrogen-bond donors (Lipinski definition) is 2. The fourth-order valence-electron chi connectivity index (χ4n) is 1.56. The van der Waals surface area contributed by atoms with E-state index in [2.05, 4.69) is 17.6 Å². The van der Waals surface area contributed by atoms with Gasteiger partial charge >= 0.3 is 0 Å². The Hall–Kier alpha value is -1.71. The molecule has 2 N–H and O–H groups in total. The Kier molecular flexibility index (Phi) is 5.21. The number of carbonyl (C=O) groups is 1. The highest BCUT2D eigenvalue weighted by atomic mass is 16.5. The fraction of sp³-hybridized carbons (Fsp3) is 0.533. The molecule has 1 aromatic carbocycles. The lowest BCUT2D eigenvalue weighted by atomic mass is 10.0. The second-order valence-corrected chi connectivity index (χ2v) is 5.32. The molecule has 1 aromatic rings.